The molecule has 100 valence electrons. The SMILES string of the molecule is Cc1cc(NC(=O)CNC(=O)[C@@H](N)C(C)C)no1. The number of nitrogens with zero attached hydrogens (tertiary/aromatic N) is 1. The van der Waals surface area contributed by atoms with E-state index in [0.717, 1.165) is 0 Å². The molecule has 0 saturated heterocycles. The molecule has 1 aromatic heterocycles. The van der Waals surface area contributed by atoms with Crippen molar-refractivity contribution in [2.75, 3.05) is 11.9 Å². The Bertz CT molecular complexity index is 428. The first-order valence-corrected chi connectivity index (χ1v) is 5.66. The van der Waals surface area contributed by atoms with Crippen LogP contribution in [0.15, 0.2) is 10.6 Å². The first kappa shape index (κ1) is 14.2. The quantitative estimate of drug-likeness (QED) is 0.686. The molecule has 0 spiro atoms. The largest absolute Gasteiger partial charge is 0.360 e. The zero-order chi connectivity index (χ0) is 13.7. The summed E-state index contributed by atoms with van der Waals surface area (Å²) in [7, 11) is 0. The van der Waals surface area contributed by atoms with Crippen LogP contribution in [-0.4, -0.2) is 29.6 Å². The van der Waals surface area contributed by atoms with E-state index < -0.39 is 6.04 Å². The molecule has 7 nitrogen and oxygen atoms in total. The van der Waals surface area contributed by atoms with Gasteiger partial charge in [0.1, 0.15) is 5.76 Å². The second kappa shape index (κ2) is 6.15. The van der Waals surface area contributed by atoms with Gasteiger partial charge in [-0.05, 0) is 12.8 Å². The Morgan fingerprint density at radius 2 is 2.17 bits per heavy atom. The van der Waals surface area contributed by atoms with Gasteiger partial charge in [-0.25, -0.2) is 0 Å². The van der Waals surface area contributed by atoms with E-state index in [0.29, 0.717) is 11.6 Å². The molecule has 1 rings (SSSR count). The normalized spacial score (nSPS) is 12.3. The molecule has 0 unspecified atom stereocenters. The number of carbonyl (C=O) groups is 2. The molecule has 2 amide bonds. The van der Waals surface area contributed by atoms with Crippen LogP contribution >= 0.6 is 0 Å². The lowest BCUT2D eigenvalue weighted by Crippen LogP contribution is -2.46. The van der Waals surface area contributed by atoms with Crippen molar-refractivity contribution in [1.29, 1.82) is 0 Å². The van der Waals surface area contributed by atoms with Gasteiger partial charge in [-0.15, -0.1) is 0 Å². The van der Waals surface area contributed by atoms with Crippen LogP contribution in [0.4, 0.5) is 5.82 Å². The van der Waals surface area contributed by atoms with Crippen LogP contribution < -0.4 is 16.4 Å². The van der Waals surface area contributed by atoms with Crippen molar-refractivity contribution < 1.29 is 14.1 Å². The maximum absolute atomic E-state index is 11.5. The number of nitrogens with one attached hydrogen (secondary N) is 2. The topological polar surface area (TPSA) is 110 Å². The Morgan fingerprint density at radius 1 is 1.50 bits per heavy atom. The summed E-state index contributed by atoms with van der Waals surface area (Å²) in [5.41, 5.74) is 5.63. The highest BCUT2D eigenvalue weighted by molar-refractivity contribution is 5.94. The minimum Gasteiger partial charge on any atom is -0.360 e. The molecule has 0 fully saturated rings. The highest BCUT2D eigenvalue weighted by atomic mass is 16.5. The second-order valence-electron chi connectivity index (χ2n) is 4.36. The van der Waals surface area contributed by atoms with E-state index in [4.69, 9.17) is 10.3 Å². The summed E-state index contributed by atoms with van der Waals surface area (Å²) in [6.45, 7) is 5.24. The standard InChI is InChI=1S/C11H18N4O3/c1-6(2)10(12)11(17)13-5-9(16)14-8-4-7(3)18-15-8/h4,6,10H,5,12H2,1-3H3,(H,13,17)(H,14,15,16)/t10-/m0/s1. The fraction of sp³-hybridized carbons (Fsp3) is 0.545. The average molecular weight is 254 g/mol. The molecule has 7 heteroatoms. The molecule has 0 bridgehead atoms. The van der Waals surface area contributed by atoms with Crippen molar-refractivity contribution >= 4 is 17.6 Å². The van der Waals surface area contributed by atoms with Crippen LogP contribution in [0.25, 0.3) is 0 Å². The highest BCUT2D eigenvalue weighted by Gasteiger charge is 2.17. The van der Waals surface area contributed by atoms with Crippen molar-refractivity contribution in [1.82, 2.24) is 10.5 Å². The maximum atomic E-state index is 11.5. The van der Waals surface area contributed by atoms with Gasteiger partial charge in [0.25, 0.3) is 0 Å². The summed E-state index contributed by atoms with van der Waals surface area (Å²) in [5, 5.41) is 8.54. The molecule has 1 heterocycles. The van der Waals surface area contributed by atoms with Gasteiger partial charge in [0, 0.05) is 6.07 Å². The fourth-order valence-corrected chi connectivity index (χ4v) is 1.20. The van der Waals surface area contributed by atoms with Crippen molar-refractivity contribution in [2.24, 2.45) is 11.7 Å². The van der Waals surface area contributed by atoms with Crippen LogP contribution in [0.2, 0.25) is 0 Å². The summed E-state index contributed by atoms with van der Waals surface area (Å²) in [6.07, 6.45) is 0. The summed E-state index contributed by atoms with van der Waals surface area (Å²) in [4.78, 5) is 23.0. The van der Waals surface area contributed by atoms with E-state index in [1.54, 1.807) is 13.0 Å². The number of hydrogen-bond donors (Lipinski definition) is 3. The number of aromatic nitrogens is 1. The second-order valence-corrected chi connectivity index (χ2v) is 4.36. The predicted octanol–water partition coefficient (Wildman–Crippen LogP) is 0.0210. The summed E-state index contributed by atoms with van der Waals surface area (Å²) < 4.78 is 4.79. The van der Waals surface area contributed by atoms with E-state index in [2.05, 4.69) is 15.8 Å². The first-order valence-electron chi connectivity index (χ1n) is 5.66. The number of amides is 2. The van der Waals surface area contributed by atoms with Crippen LogP contribution in [0.3, 0.4) is 0 Å². The number of hydrogen-bond acceptors (Lipinski definition) is 5. The van der Waals surface area contributed by atoms with Crippen LogP contribution in [0.1, 0.15) is 19.6 Å². The Hall–Kier alpha value is -1.89. The van der Waals surface area contributed by atoms with Crippen molar-refractivity contribution in [3.05, 3.63) is 11.8 Å². The first-order chi connectivity index (χ1) is 8.40. The van der Waals surface area contributed by atoms with Gasteiger partial charge in [-0.3, -0.25) is 9.59 Å². The Balaban J connectivity index is 2.35. The minimum absolute atomic E-state index is 0.0197. The number of carbonyl (C=O) groups excluding carboxylic acids is 2. The van der Waals surface area contributed by atoms with Crippen molar-refractivity contribution in [2.45, 2.75) is 26.8 Å². The molecule has 0 aliphatic heterocycles. The van der Waals surface area contributed by atoms with Crippen LogP contribution in [0, 0.1) is 12.8 Å². The molecule has 1 aromatic rings. The van der Waals surface area contributed by atoms with Gasteiger partial charge >= 0.3 is 0 Å². The molecule has 1 atom stereocenters. The van der Waals surface area contributed by atoms with Crippen LogP contribution in [-0.2, 0) is 9.59 Å². The number of anilines is 1. The minimum atomic E-state index is -0.618. The van der Waals surface area contributed by atoms with Crippen molar-refractivity contribution in [3.63, 3.8) is 0 Å². The van der Waals surface area contributed by atoms with Gasteiger partial charge in [0.15, 0.2) is 5.82 Å². The Kier molecular flexibility index (Phi) is 4.85. The molecule has 0 aromatic carbocycles. The van der Waals surface area contributed by atoms with Crippen LogP contribution in [0.5, 0.6) is 0 Å². The fourth-order valence-electron chi connectivity index (χ4n) is 1.20. The maximum Gasteiger partial charge on any atom is 0.245 e. The monoisotopic (exact) mass is 254 g/mol. The number of nitrogens with two attached hydrogens (primary N) is 1. The van der Waals surface area contributed by atoms with Gasteiger partial charge in [0.2, 0.25) is 11.8 Å². The third kappa shape index (κ3) is 4.17. The third-order valence-electron chi connectivity index (χ3n) is 2.34. The van der Waals surface area contributed by atoms with E-state index in [1.165, 1.54) is 0 Å². The average Bonchev–Trinajstić information content (AvgIpc) is 2.70. The lowest BCUT2D eigenvalue weighted by molar-refractivity contribution is -0.125. The molecule has 0 aliphatic carbocycles. The smallest absolute Gasteiger partial charge is 0.245 e. The molecular formula is C11H18N4O3. The van der Waals surface area contributed by atoms with E-state index >= 15 is 0 Å². The number of aryl methyl sites for hydroxylation is 1. The van der Waals surface area contributed by atoms with Gasteiger partial charge in [-0.2, -0.15) is 0 Å². The predicted molar refractivity (Wildman–Crippen MR) is 65.7 cm³/mol. The summed E-state index contributed by atoms with van der Waals surface area (Å²) in [5.74, 6) is 0.200. The zero-order valence-electron chi connectivity index (χ0n) is 10.7. The summed E-state index contributed by atoms with van der Waals surface area (Å²) >= 11 is 0. The molecule has 18 heavy (non-hydrogen) atoms. The lowest BCUT2D eigenvalue weighted by atomic mass is 10.1. The zero-order valence-corrected chi connectivity index (χ0v) is 10.7. The summed E-state index contributed by atoms with van der Waals surface area (Å²) in [6, 6.07) is 0.964. The van der Waals surface area contributed by atoms with E-state index in [1.807, 2.05) is 13.8 Å². The van der Waals surface area contributed by atoms with Gasteiger partial charge < -0.3 is 20.9 Å². The molecule has 0 aliphatic rings. The third-order valence-corrected chi connectivity index (χ3v) is 2.34. The van der Waals surface area contributed by atoms with Gasteiger partial charge in [0.05, 0.1) is 12.6 Å². The van der Waals surface area contributed by atoms with Crippen molar-refractivity contribution in [3.8, 4) is 0 Å². The molecular weight excluding hydrogens is 236 g/mol. The lowest BCUT2D eigenvalue weighted by Gasteiger charge is -2.14. The van der Waals surface area contributed by atoms with E-state index in [9.17, 15) is 9.59 Å². The highest BCUT2D eigenvalue weighted by Crippen LogP contribution is 2.06. The molecule has 4 N–H and O–H groups in total. The van der Waals surface area contributed by atoms with Gasteiger partial charge in [-0.1, -0.05) is 19.0 Å². The number of rotatable bonds is 5. The molecule has 0 saturated carbocycles. The molecule has 0 radical (unpaired) electrons. The Labute approximate surface area is 105 Å². The Morgan fingerprint density at radius 3 is 2.67 bits per heavy atom. The van der Waals surface area contributed by atoms with E-state index in [-0.39, 0.29) is 24.3 Å².